The van der Waals surface area contributed by atoms with Crippen LogP contribution in [0.15, 0.2) is 29.2 Å². The fourth-order valence-corrected chi connectivity index (χ4v) is 2.88. The molecule has 0 aliphatic rings. The Labute approximate surface area is 118 Å². The van der Waals surface area contributed by atoms with Crippen LogP contribution >= 0.6 is 0 Å². The predicted octanol–water partition coefficient (Wildman–Crippen LogP) is 1.14. The van der Waals surface area contributed by atoms with Crippen molar-refractivity contribution in [2.75, 3.05) is 20.3 Å². The minimum absolute atomic E-state index is 0.197. The van der Waals surface area contributed by atoms with E-state index in [4.69, 9.17) is 4.74 Å². The standard InChI is InChI=1S/C13H18FNO4S/c1-10(13(16)15-7-4-8-19-2)20(17,18)12-6-3-5-11(14)9-12/h3,5-6,9-10H,4,7-8H2,1-2H3,(H,15,16). The molecular formula is C13H18FNO4S. The third-order valence-corrected chi connectivity index (χ3v) is 4.84. The highest BCUT2D eigenvalue weighted by atomic mass is 32.2. The maximum atomic E-state index is 13.1. The summed E-state index contributed by atoms with van der Waals surface area (Å²) >= 11 is 0. The highest BCUT2D eigenvalue weighted by molar-refractivity contribution is 7.92. The molecule has 0 bridgehead atoms. The van der Waals surface area contributed by atoms with Gasteiger partial charge in [0.05, 0.1) is 4.90 Å². The first-order valence-corrected chi connectivity index (χ1v) is 7.70. The van der Waals surface area contributed by atoms with Crippen molar-refractivity contribution in [3.05, 3.63) is 30.1 Å². The number of carbonyl (C=O) groups is 1. The van der Waals surface area contributed by atoms with Gasteiger partial charge in [-0.05, 0) is 31.5 Å². The summed E-state index contributed by atoms with van der Waals surface area (Å²) in [5.41, 5.74) is 0. The van der Waals surface area contributed by atoms with Crippen molar-refractivity contribution in [1.82, 2.24) is 5.32 Å². The Morgan fingerprint density at radius 2 is 2.15 bits per heavy atom. The van der Waals surface area contributed by atoms with E-state index in [2.05, 4.69) is 5.32 Å². The number of hydrogen-bond acceptors (Lipinski definition) is 4. The molecule has 5 nitrogen and oxygen atoms in total. The SMILES string of the molecule is COCCCNC(=O)C(C)S(=O)(=O)c1cccc(F)c1. The Morgan fingerprint density at radius 1 is 1.45 bits per heavy atom. The van der Waals surface area contributed by atoms with E-state index in [0.29, 0.717) is 19.6 Å². The van der Waals surface area contributed by atoms with E-state index in [1.807, 2.05) is 0 Å². The Kier molecular flexibility index (Phi) is 6.09. The highest BCUT2D eigenvalue weighted by Crippen LogP contribution is 2.17. The predicted molar refractivity (Wildman–Crippen MR) is 72.6 cm³/mol. The molecule has 0 spiro atoms. The number of carbonyl (C=O) groups excluding carboxylic acids is 1. The summed E-state index contributed by atoms with van der Waals surface area (Å²) in [4.78, 5) is 11.6. The molecule has 0 aromatic heterocycles. The molecule has 1 N–H and O–H groups in total. The van der Waals surface area contributed by atoms with Crippen LogP contribution in [0.2, 0.25) is 0 Å². The van der Waals surface area contributed by atoms with Crippen LogP contribution in [0.4, 0.5) is 4.39 Å². The average Bonchev–Trinajstić information content (AvgIpc) is 2.42. The Morgan fingerprint density at radius 3 is 2.75 bits per heavy atom. The van der Waals surface area contributed by atoms with Crippen LogP contribution in [-0.2, 0) is 19.4 Å². The van der Waals surface area contributed by atoms with Crippen LogP contribution in [0.5, 0.6) is 0 Å². The first-order chi connectivity index (χ1) is 9.39. The molecule has 20 heavy (non-hydrogen) atoms. The molecule has 112 valence electrons. The molecule has 1 atom stereocenters. The van der Waals surface area contributed by atoms with Gasteiger partial charge < -0.3 is 10.1 Å². The van der Waals surface area contributed by atoms with Gasteiger partial charge in [0.25, 0.3) is 0 Å². The van der Waals surface area contributed by atoms with Crippen LogP contribution in [0, 0.1) is 5.82 Å². The van der Waals surface area contributed by atoms with Gasteiger partial charge in [0.2, 0.25) is 5.91 Å². The molecule has 1 aromatic rings. The zero-order chi connectivity index (χ0) is 15.2. The molecule has 1 rings (SSSR count). The number of nitrogens with one attached hydrogen (secondary N) is 1. The van der Waals surface area contributed by atoms with E-state index >= 15 is 0 Å². The van der Waals surface area contributed by atoms with Crippen LogP contribution in [0.25, 0.3) is 0 Å². The second-order valence-corrected chi connectivity index (χ2v) is 6.55. The van der Waals surface area contributed by atoms with Gasteiger partial charge in [-0.25, -0.2) is 12.8 Å². The quantitative estimate of drug-likeness (QED) is 0.767. The van der Waals surface area contributed by atoms with E-state index in [-0.39, 0.29) is 4.90 Å². The van der Waals surface area contributed by atoms with Gasteiger partial charge in [-0.1, -0.05) is 6.07 Å². The zero-order valence-corrected chi connectivity index (χ0v) is 12.2. The lowest BCUT2D eigenvalue weighted by atomic mass is 10.3. The lowest BCUT2D eigenvalue weighted by molar-refractivity contribution is -0.120. The summed E-state index contributed by atoms with van der Waals surface area (Å²) in [5.74, 6) is -1.26. The Balaban J connectivity index is 2.74. The molecule has 0 saturated heterocycles. The summed E-state index contributed by atoms with van der Waals surface area (Å²) in [6.45, 7) is 2.09. The number of amides is 1. The average molecular weight is 303 g/mol. The van der Waals surface area contributed by atoms with Crippen LogP contribution in [-0.4, -0.2) is 39.8 Å². The second kappa shape index (κ2) is 7.35. The van der Waals surface area contributed by atoms with E-state index in [1.165, 1.54) is 19.1 Å². The van der Waals surface area contributed by atoms with Crippen molar-refractivity contribution < 1.29 is 22.3 Å². The highest BCUT2D eigenvalue weighted by Gasteiger charge is 2.29. The zero-order valence-electron chi connectivity index (χ0n) is 11.4. The largest absolute Gasteiger partial charge is 0.385 e. The normalized spacial score (nSPS) is 12.9. The van der Waals surface area contributed by atoms with Gasteiger partial charge in [0.15, 0.2) is 9.84 Å². The van der Waals surface area contributed by atoms with Crippen LogP contribution < -0.4 is 5.32 Å². The van der Waals surface area contributed by atoms with Gasteiger partial charge in [-0.15, -0.1) is 0 Å². The van der Waals surface area contributed by atoms with E-state index in [9.17, 15) is 17.6 Å². The number of hydrogen-bond donors (Lipinski definition) is 1. The van der Waals surface area contributed by atoms with Crippen LogP contribution in [0.1, 0.15) is 13.3 Å². The number of ether oxygens (including phenoxy) is 1. The van der Waals surface area contributed by atoms with E-state index in [0.717, 1.165) is 12.1 Å². The van der Waals surface area contributed by atoms with Crippen molar-refractivity contribution >= 4 is 15.7 Å². The molecule has 0 saturated carbocycles. The van der Waals surface area contributed by atoms with Crippen molar-refractivity contribution in [3.8, 4) is 0 Å². The van der Waals surface area contributed by atoms with Gasteiger partial charge >= 0.3 is 0 Å². The molecular weight excluding hydrogens is 285 g/mol. The first kappa shape index (κ1) is 16.6. The minimum Gasteiger partial charge on any atom is -0.385 e. The maximum Gasteiger partial charge on any atom is 0.238 e. The summed E-state index contributed by atoms with van der Waals surface area (Å²) < 4.78 is 42.2. The van der Waals surface area contributed by atoms with Crippen molar-refractivity contribution in [2.45, 2.75) is 23.5 Å². The van der Waals surface area contributed by atoms with Crippen molar-refractivity contribution in [3.63, 3.8) is 0 Å². The van der Waals surface area contributed by atoms with E-state index in [1.54, 1.807) is 7.11 Å². The molecule has 1 amide bonds. The van der Waals surface area contributed by atoms with Crippen LogP contribution in [0.3, 0.4) is 0 Å². The smallest absolute Gasteiger partial charge is 0.238 e. The molecule has 1 aromatic carbocycles. The topological polar surface area (TPSA) is 72.5 Å². The number of methoxy groups -OCH3 is 1. The summed E-state index contributed by atoms with van der Waals surface area (Å²) in [7, 11) is -2.35. The Hall–Kier alpha value is -1.47. The summed E-state index contributed by atoms with van der Waals surface area (Å²) in [5, 5.41) is 1.24. The lowest BCUT2D eigenvalue weighted by Gasteiger charge is -2.13. The number of benzene rings is 1. The molecule has 0 aliphatic heterocycles. The van der Waals surface area contributed by atoms with Crippen molar-refractivity contribution in [2.24, 2.45) is 0 Å². The van der Waals surface area contributed by atoms with E-state index < -0.39 is 26.8 Å². The second-order valence-electron chi connectivity index (χ2n) is 4.28. The third kappa shape index (κ3) is 4.28. The molecule has 7 heteroatoms. The molecule has 0 radical (unpaired) electrons. The number of rotatable bonds is 7. The van der Waals surface area contributed by atoms with Crippen molar-refractivity contribution in [1.29, 1.82) is 0 Å². The monoisotopic (exact) mass is 303 g/mol. The van der Waals surface area contributed by atoms with Gasteiger partial charge in [-0.2, -0.15) is 0 Å². The fraction of sp³-hybridized carbons (Fsp3) is 0.462. The summed E-state index contributed by atoms with van der Waals surface area (Å²) in [6, 6.07) is 4.62. The third-order valence-electron chi connectivity index (χ3n) is 2.78. The molecule has 0 aliphatic carbocycles. The first-order valence-electron chi connectivity index (χ1n) is 6.15. The summed E-state index contributed by atoms with van der Waals surface area (Å²) in [6.07, 6.45) is 0.592. The van der Waals surface area contributed by atoms with Gasteiger partial charge in [0, 0.05) is 20.3 Å². The fourth-order valence-electron chi connectivity index (χ4n) is 1.56. The van der Waals surface area contributed by atoms with Gasteiger partial charge in [0.1, 0.15) is 11.1 Å². The lowest BCUT2D eigenvalue weighted by Crippen LogP contribution is -2.38. The maximum absolute atomic E-state index is 13.1. The number of sulfone groups is 1. The number of halogens is 1. The Bertz CT molecular complexity index is 559. The molecule has 0 heterocycles. The molecule has 0 fully saturated rings. The van der Waals surface area contributed by atoms with Gasteiger partial charge in [-0.3, -0.25) is 4.79 Å². The molecule has 1 unspecified atom stereocenters. The minimum atomic E-state index is -3.89.